The zero-order valence-electron chi connectivity index (χ0n) is 11.0. The van der Waals surface area contributed by atoms with Crippen LogP contribution < -0.4 is 4.74 Å². The van der Waals surface area contributed by atoms with E-state index in [9.17, 15) is 0 Å². The topological polar surface area (TPSA) is 22.1 Å². The summed E-state index contributed by atoms with van der Waals surface area (Å²) in [5.74, 6) is 0. The van der Waals surface area contributed by atoms with Gasteiger partial charge in [-0.15, -0.1) is 0 Å². The summed E-state index contributed by atoms with van der Waals surface area (Å²) in [6.07, 6.45) is 7.76. The van der Waals surface area contributed by atoms with Crippen LogP contribution in [0.1, 0.15) is 45.4 Å². The molecule has 2 aromatic rings. The highest BCUT2D eigenvalue weighted by molar-refractivity contribution is 7.20. The van der Waals surface area contributed by atoms with Crippen LogP contribution in [0.15, 0.2) is 24.3 Å². The van der Waals surface area contributed by atoms with E-state index >= 15 is 0 Å². The summed E-state index contributed by atoms with van der Waals surface area (Å²) in [5, 5.41) is 0.810. The van der Waals surface area contributed by atoms with Crippen LogP contribution in [0.5, 0.6) is 5.19 Å². The molecule has 0 bridgehead atoms. The fourth-order valence-corrected chi connectivity index (χ4v) is 2.79. The number of hydrogen-bond donors (Lipinski definition) is 0. The van der Waals surface area contributed by atoms with Gasteiger partial charge in [-0.05, 0) is 18.6 Å². The summed E-state index contributed by atoms with van der Waals surface area (Å²) in [4.78, 5) is 4.46. The largest absolute Gasteiger partial charge is 0.470 e. The van der Waals surface area contributed by atoms with Crippen molar-refractivity contribution in [1.82, 2.24) is 4.98 Å². The molecule has 0 saturated heterocycles. The molecule has 3 heteroatoms. The zero-order chi connectivity index (χ0) is 12.6. The number of thiazole rings is 1. The Bertz CT molecular complexity index is 433. The van der Waals surface area contributed by atoms with Crippen LogP contribution in [0.3, 0.4) is 0 Å². The van der Waals surface area contributed by atoms with Gasteiger partial charge in [-0.3, -0.25) is 0 Å². The van der Waals surface area contributed by atoms with E-state index in [-0.39, 0.29) is 0 Å². The third-order valence-electron chi connectivity index (χ3n) is 3.00. The van der Waals surface area contributed by atoms with Gasteiger partial charge in [0.1, 0.15) is 0 Å². The number of benzene rings is 1. The molecule has 0 aliphatic heterocycles. The molecule has 0 radical (unpaired) electrons. The smallest absolute Gasteiger partial charge is 0.274 e. The van der Waals surface area contributed by atoms with Crippen molar-refractivity contribution in [2.24, 2.45) is 0 Å². The third kappa shape index (κ3) is 3.98. The molecule has 0 N–H and O–H groups in total. The molecule has 98 valence electrons. The lowest BCUT2D eigenvalue weighted by atomic mass is 10.1. The van der Waals surface area contributed by atoms with E-state index in [1.54, 1.807) is 11.3 Å². The van der Waals surface area contributed by atoms with Crippen molar-refractivity contribution >= 4 is 21.6 Å². The monoisotopic (exact) mass is 263 g/mol. The number of para-hydroxylation sites is 1. The maximum Gasteiger partial charge on any atom is 0.274 e. The van der Waals surface area contributed by atoms with Gasteiger partial charge < -0.3 is 4.74 Å². The second kappa shape index (κ2) is 7.37. The quantitative estimate of drug-likeness (QED) is 0.623. The summed E-state index contributed by atoms with van der Waals surface area (Å²) in [5.41, 5.74) is 1.04. The summed E-state index contributed by atoms with van der Waals surface area (Å²) in [7, 11) is 0. The maximum atomic E-state index is 5.70. The Morgan fingerprint density at radius 2 is 1.83 bits per heavy atom. The lowest BCUT2D eigenvalue weighted by Gasteiger charge is -2.01. The van der Waals surface area contributed by atoms with Crippen molar-refractivity contribution in [3.63, 3.8) is 0 Å². The number of aromatic nitrogens is 1. The molecule has 0 fully saturated rings. The predicted molar refractivity (Wildman–Crippen MR) is 78.5 cm³/mol. The summed E-state index contributed by atoms with van der Waals surface area (Å²) in [6.45, 7) is 3.04. The maximum absolute atomic E-state index is 5.70. The first kappa shape index (κ1) is 13.3. The molecule has 18 heavy (non-hydrogen) atoms. The Morgan fingerprint density at radius 1 is 1.06 bits per heavy atom. The number of ether oxygens (including phenoxy) is 1. The molecule has 0 aliphatic rings. The molecule has 0 amide bonds. The van der Waals surface area contributed by atoms with Gasteiger partial charge in [0.05, 0.1) is 16.8 Å². The summed E-state index contributed by atoms with van der Waals surface area (Å²) < 4.78 is 6.91. The SMILES string of the molecule is CCCCCCCCOc1nc2ccccc2s1. The molecule has 0 aliphatic carbocycles. The minimum absolute atomic E-state index is 0.798. The molecule has 2 nitrogen and oxygen atoms in total. The van der Waals surface area contributed by atoms with Gasteiger partial charge in [-0.1, -0.05) is 62.5 Å². The Labute approximate surface area is 113 Å². The first-order valence-electron chi connectivity index (χ1n) is 6.88. The number of rotatable bonds is 8. The van der Waals surface area contributed by atoms with Gasteiger partial charge in [0.25, 0.3) is 5.19 Å². The number of hydrogen-bond acceptors (Lipinski definition) is 3. The number of fused-ring (bicyclic) bond motifs is 1. The first-order chi connectivity index (χ1) is 8.90. The fourth-order valence-electron chi connectivity index (χ4n) is 1.95. The summed E-state index contributed by atoms with van der Waals surface area (Å²) >= 11 is 1.64. The minimum Gasteiger partial charge on any atom is -0.470 e. The standard InChI is InChI=1S/C15H21NOS/c1-2-3-4-5-6-9-12-17-15-16-13-10-7-8-11-14(13)18-15/h7-8,10-11H,2-6,9,12H2,1H3. The van der Waals surface area contributed by atoms with Crippen molar-refractivity contribution in [3.05, 3.63) is 24.3 Å². The highest BCUT2D eigenvalue weighted by Gasteiger charge is 2.03. The van der Waals surface area contributed by atoms with Gasteiger partial charge >= 0.3 is 0 Å². The van der Waals surface area contributed by atoms with Crippen LogP contribution in [0.4, 0.5) is 0 Å². The molecule has 1 aromatic carbocycles. The van der Waals surface area contributed by atoms with Gasteiger partial charge in [-0.25, -0.2) is 4.98 Å². The van der Waals surface area contributed by atoms with Gasteiger partial charge in [0.15, 0.2) is 0 Å². The Hall–Kier alpha value is -1.09. The molecule has 0 spiro atoms. The van der Waals surface area contributed by atoms with Gasteiger partial charge in [0.2, 0.25) is 0 Å². The van der Waals surface area contributed by atoms with E-state index in [0.717, 1.165) is 23.7 Å². The van der Waals surface area contributed by atoms with Crippen molar-refractivity contribution < 1.29 is 4.74 Å². The van der Waals surface area contributed by atoms with Crippen molar-refractivity contribution in [2.75, 3.05) is 6.61 Å². The molecule has 0 atom stereocenters. The first-order valence-corrected chi connectivity index (χ1v) is 7.70. The average molecular weight is 263 g/mol. The molecule has 0 unspecified atom stereocenters. The van der Waals surface area contributed by atoms with E-state index in [4.69, 9.17) is 4.74 Å². The van der Waals surface area contributed by atoms with E-state index in [0.29, 0.717) is 0 Å². The molecule has 2 rings (SSSR count). The van der Waals surface area contributed by atoms with Gasteiger partial charge in [-0.2, -0.15) is 0 Å². The number of nitrogens with zero attached hydrogens (tertiary/aromatic N) is 1. The van der Waals surface area contributed by atoms with Crippen LogP contribution >= 0.6 is 11.3 Å². The highest BCUT2D eigenvalue weighted by atomic mass is 32.1. The lowest BCUT2D eigenvalue weighted by molar-refractivity contribution is 0.303. The second-order valence-electron chi connectivity index (χ2n) is 4.56. The van der Waals surface area contributed by atoms with E-state index in [1.807, 2.05) is 18.2 Å². The van der Waals surface area contributed by atoms with Crippen LogP contribution in [0.2, 0.25) is 0 Å². The normalized spacial score (nSPS) is 10.9. The van der Waals surface area contributed by atoms with Gasteiger partial charge in [0, 0.05) is 0 Å². The Balaban J connectivity index is 1.67. The number of unbranched alkanes of at least 4 members (excludes halogenated alkanes) is 5. The molecular formula is C15H21NOS. The molecule has 1 aromatic heterocycles. The van der Waals surface area contributed by atoms with E-state index < -0.39 is 0 Å². The lowest BCUT2D eigenvalue weighted by Crippen LogP contribution is -1.96. The minimum atomic E-state index is 0.798. The van der Waals surface area contributed by atoms with Crippen molar-refractivity contribution in [2.45, 2.75) is 45.4 Å². The van der Waals surface area contributed by atoms with Crippen LogP contribution in [-0.4, -0.2) is 11.6 Å². The van der Waals surface area contributed by atoms with Crippen molar-refractivity contribution in [1.29, 1.82) is 0 Å². The zero-order valence-corrected chi connectivity index (χ0v) is 11.8. The van der Waals surface area contributed by atoms with Crippen LogP contribution in [-0.2, 0) is 0 Å². The highest BCUT2D eigenvalue weighted by Crippen LogP contribution is 2.27. The molecular weight excluding hydrogens is 242 g/mol. The Kier molecular flexibility index (Phi) is 5.46. The Morgan fingerprint density at radius 3 is 2.67 bits per heavy atom. The average Bonchev–Trinajstić information content (AvgIpc) is 2.80. The summed E-state index contributed by atoms with van der Waals surface area (Å²) in [6, 6.07) is 8.17. The third-order valence-corrected chi connectivity index (χ3v) is 3.95. The second-order valence-corrected chi connectivity index (χ2v) is 5.56. The fraction of sp³-hybridized carbons (Fsp3) is 0.533. The van der Waals surface area contributed by atoms with E-state index in [1.165, 1.54) is 36.8 Å². The molecule has 0 saturated carbocycles. The van der Waals surface area contributed by atoms with E-state index in [2.05, 4.69) is 18.0 Å². The van der Waals surface area contributed by atoms with Crippen LogP contribution in [0.25, 0.3) is 10.2 Å². The van der Waals surface area contributed by atoms with Crippen molar-refractivity contribution in [3.8, 4) is 5.19 Å². The van der Waals surface area contributed by atoms with Crippen LogP contribution in [0, 0.1) is 0 Å². The predicted octanol–water partition coefficient (Wildman–Crippen LogP) is 5.04. The molecule has 1 heterocycles.